The zero-order valence-electron chi connectivity index (χ0n) is 11.1. The molecule has 2 rings (SSSR count). The summed E-state index contributed by atoms with van der Waals surface area (Å²) >= 11 is 3.51. The zero-order chi connectivity index (χ0) is 14.0. The van der Waals surface area contributed by atoms with Crippen LogP contribution in [-0.4, -0.2) is 4.98 Å². The van der Waals surface area contributed by atoms with Crippen molar-refractivity contribution < 1.29 is 0 Å². The molecular formula is C15H14BrN3. The average molecular weight is 316 g/mol. The monoisotopic (exact) mass is 315 g/mol. The Balaban J connectivity index is 2.43. The average Bonchev–Trinajstić information content (AvgIpc) is 2.33. The van der Waals surface area contributed by atoms with Crippen LogP contribution in [-0.2, 0) is 0 Å². The van der Waals surface area contributed by atoms with Gasteiger partial charge in [0.05, 0.1) is 16.9 Å². The van der Waals surface area contributed by atoms with Crippen LogP contribution in [0.2, 0.25) is 0 Å². The van der Waals surface area contributed by atoms with Gasteiger partial charge in [-0.3, -0.25) is 4.98 Å². The molecule has 2 aromatic rings. The minimum Gasteiger partial charge on any atom is -0.354 e. The van der Waals surface area contributed by atoms with Crippen LogP contribution < -0.4 is 5.32 Å². The van der Waals surface area contributed by atoms with Gasteiger partial charge in [-0.2, -0.15) is 5.26 Å². The first-order valence-corrected chi connectivity index (χ1v) is 6.72. The van der Waals surface area contributed by atoms with E-state index in [1.807, 2.05) is 45.0 Å². The number of benzene rings is 1. The highest BCUT2D eigenvalue weighted by Gasteiger charge is 2.08. The molecule has 1 aromatic heterocycles. The van der Waals surface area contributed by atoms with Gasteiger partial charge in [0.1, 0.15) is 6.07 Å². The van der Waals surface area contributed by atoms with Gasteiger partial charge in [-0.1, -0.05) is 22.0 Å². The summed E-state index contributed by atoms with van der Waals surface area (Å²) in [6.07, 6.45) is 0. The van der Waals surface area contributed by atoms with Gasteiger partial charge in [0.15, 0.2) is 0 Å². The van der Waals surface area contributed by atoms with Gasteiger partial charge in [0.2, 0.25) is 0 Å². The molecule has 0 aliphatic carbocycles. The van der Waals surface area contributed by atoms with Crippen molar-refractivity contribution in [1.29, 1.82) is 5.26 Å². The molecular weight excluding hydrogens is 302 g/mol. The molecule has 1 N–H and O–H groups in total. The molecule has 0 amide bonds. The van der Waals surface area contributed by atoms with E-state index in [1.54, 1.807) is 0 Å². The minimum absolute atomic E-state index is 0.585. The first kappa shape index (κ1) is 13.6. The highest BCUT2D eigenvalue weighted by atomic mass is 79.9. The quantitative estimate of drug-likeness (QED) is 0.894. The first-order valence-electron chi connectivity index (χ1n) is 5.93. The van der Waals surface area contributed by atoms with E-state index in [1.165, 1.54) is 5.56 Å². The molecule has 19 heavy (non-hydrogen) atoms. The van der Waals surface area contributed by atoms with E-state index in [0.717, 1.165) is 27.2 Å². The summed E-state index contributed by atoms with van der Waals surface area (Å²) in [6.45, 7) is 5.81. The summed E-state index contributed by atoms with van der Waals surface area (Å²) in [5, 5.41) is 12.5. The molecule has 0 atom stereocenters. The third kappa shape index (κ3) is 2.94. The predicted molar refractivity (Wildman–Crippen MR) is 80.6 cm³/mol. The van der Waals surface area contributed by atoms with Gasteiger partial charge in [0.25, 0.3) is 0 Å². The topological polar surface area (TPSA) is 48.7 Å². The van der Waals surface area contributed by atoms with Crippen molar-refractivity contribution in [2.24, 2.45) is 0 Å². The number of nitrogens with one attached hydrogen (secondary N) is 1. The normalized spacial score (nSPS) is 10.1. The number of aryl methyl sites for hydroxylation is 3. The smallest absolute Gasteiger partial charge is 0.103 e. The largest absolute Gasteiger partial charge is 0.354 e. The molecule has 1 aromatic carbocycles. The number of aromatic nitrogens is 1. The van der Waals surface area contributed by atoms with Crippen molar-refractivity contribution in [3.05, 3.63) is 51.3 Å². The molecule has 0 aliphatic heterocycles. The summed E-state index contributed by atoms with van der Waals surface area (Å²) < 4.78 is 1.04. The molecule has 3 nitrogen and oxygen atoms in total. The van der Waals surface area contributed by atoms with Gasteiger partial charge in [-0.25, -0.2) is 0 Å². The molecule has 0 bridgehead atoms. The molecule has 0 spiro atoms. The minimum atomic E-state index is 0.585. The zero-order valence-corrected chi connectivity index (χ0v) is 12.7. The predicted octanol–water partition coefficient (Wildman–Crippen LogP) is 4.38. The summed E-state index contributed by atoms with van der Waals surface area (Å²) in [5.74, 6) is 0. The Morgan fingerprint density at radius 1 is 1.21 bits per heavy atom. The van der Waals surface area contributed by atoms with E-state index in [4.69, 9.17) is 0 Å². The Hall–Kier alpha value is -1.86. The van der Waals surface area contributed by atoms with E-state index in [9.17, 15) is 5.26 Å². The summed E-state index contributed by atoms with van der Waals surface area (Å²) in [6, 6.07) is 10.1. The second-order valence-electron chi connectivity index (χ2n) is 4.47. The van der Waals surface area contributed by atoms with Gasteiger partial charge in [0, 0.05) is 15.9 Å². The van der Waals surface area contributed by atoms with E-state index in [0.29, 0.717) is 5.56 Å². The van der Waals surface area contributed by atoms with E-state index in [-0.39, 0.29) is 0 Å². The summed E-state index contributed by atoms with van der Waals surface area (Å²) in [4.78, 5) is 4.31. The van der Waals surface area contributed by atoms with Crippen molar-refractivity contribution >= 4 is 27.3 Å². The maximum absolute atomic E-state index is 9.23. The molecule has 0 fully saturated rings. The third-order valence-electron chi connectivity index (χ3n) is 2.89. The number of hydrogen-bond acceptors (Lipinski definition) is 3. The molecule has 0 saturated heterocycles. The Bertz CT molecular complexity index is 672. The SMILES string of the molecule is Cc1cc(Nc2ccc(C)c(Br)c2)c(C#N)c(C)n1. The highest BCUT2D eigenvalue weighted by molar-refractivity contribution is 9.10. The van der Waals surface area contributed by atoms with Crippen LogP contribution >= 0.6 is 15.9 Å². The van der Waals surface area contributed by atoms with Gasteiger partial charge in [-0.15, -0.1) is 0 Å². The summed E-state index contributed by atoms with van der Waals surface area (Å²) in [5.41, 5.74) is 5.14. The van der Waals surface area contributed by atoms with Crippen molar-refractivity contribution in [3.63, 3.8) is 0 Å². The molecule has 0 saturated carbocycles. The van der Waals surface area contributed by atoms with Crippen molar-refractivity contribution in [2.75, 3.05) is 5.32 Å². The molecule has 4 heteroatoms. The van der Waals surface area contributed by atoms with Crippen LogP contribution in [0, 0.1) is 32.1 Å². The Morgan fingerprint density at radius 2 is 1.95 bits per heavy atom. The molecule has 0 aliphatic rings. The maximum Gasteiger partial charge on any atom is 0.103 e. The fraction of sp³-hybridized carbons (Fsp3) is 0.200. The van der Waals surface area contributed by atoms with E-state index < -0.39 is 0 Å². The number of hydrogen-bond donors (Lipinski definition) is 1. The second kappa shape index (κ2) is 5.41. The van der Waals surface area contributed by atoms with Crippen molar-refractivity contribution in [3.8, 4) is 6.07 Å². The molecule has 1 heterocycles. The fourth-order valence-corrected chi connectivity index (χ4v) is 2.27. The van der Waals surface area contributed by atoms with Gasteiger partial charge in [-0.05, 0) is 44.5 Å². The molecule has 96 valence electrons. The summed E-state index contributed by atoms with van der Waals surface area (Å²) in [7, 11) is 0. The number of halogens is 1. The van der Waals surface area contributed by atoms with Crippen LogP contribution in [0.15, 0.2) is 28.7 Å². The van der Waals surface area contributed by atoms with Crippen LogP contribution in [0.3, 0.4) is 0 Å². The van der Waals surface area contributed by atoms with Crippen molar-refractivity contribution in [1.82, 2.24) is 4.98 Å². The number of rotatable bonds is 2. The standard InChI is InChI=1S/C15H14BrN3/c1-9-4-5-12(7-14(9)16)19-15-6-10(2)18-11(3)13(15)8-17/h4-7H,1-3H3,(H,18,19). The lowest BCUT2D eigenvalue weighted by Crippen LogP contribution is -1.99. The van der Waals surface area contributed by atoms with Crippen LogP contribution in [0.4, 0.5) is 11.4 Å². The highest BCUT2D eigenvalue weighted by Crippen LogP contribution is 2.26. The van der Waals surface area contributed by atoms with Crippen LogP contribution in [0.25, 0.3) is 0 Å². The molecule has 0 unspecified atom stereocenters. The van der Waals surface area contributed by atoms with Gasteiger partial charge >= 0.3 is 0 Å². The second-order valence-corrected chi connectivity index (χ2v) is 5.33. The van der Waals surface area contributed by atoms with Crippen molar-refractivity contribution in [2.45, 2.75) is 20.8 Å². The van der Waals surface area contributed by atoms with E-state index in [2.05, 4.69) is 32.3 Å². The number of nitrogens with zero attached hydrogens (tertiary/aromatic N) is 2. The Labute approximate surface area is 121 Å². The van der Waals surface area contributed by atoms with E-state index >= 15 is 0 Å². The first-order chi connectivity index (χ1) is 9.01. The Kier molecular flexibility index (Phi) is 3.87. The van der Waals surface area contributed by atoms with Crippen LogP contribution in [0.5, 0.6) is 0 Å². The lowest BCUT2D eigenvalue weighted by molar-refractivity contribution is 1.11. The number of anilines is 2. The fourth-order valence-electron chi connectivity index (χ4n) is 1.89. The number of pyridine rings is 1. The molecule has 0 radical (unpaired) electrons. The lowest BCUT2D eigenvalue weighted by atomic mass is 10.1. The maximum atomic E-state index is 9.23. The van der Waals surface area contributed by atoms with Gasteiger partial charge < -0.3 is 5.32 Å². The Morgan fingerprint density at radius 3 is 2.58 bits per heavy atom. The van der Waals surface area contributed by atoms with Crippen LogP contribution in [0.1, 0.15) is 22.5 Å². The third-order valence-corrected chi connectivity index (χ3v) is 3.75. The number of nitriles is 1. The lowest BCUT2D eigenvalue weighted by Gasteiger charge is -2.11.